The molecule has 2 bridgehead atoms. The van der Waals surface area contributed by atoms with E-state index in [1.807, 2.05) is 12.2 Å². The summed E-state index contributed by atoms with van der Waals surface area (Å²) in [5, 5.41) is 5.12. The summed E-state index contributed by atoms with van der Waals surface area (Å²) in [6, 6.07) is 4.92. The van der Waals surface area contributed by atoms with Crippen molar-refractivity contribution in [2.75, 3.05) is 13.7 Å². The molecule has 3 amide bonds. The highest BCUT2D eigenvalue weighted by Crippen LogP contribution is 2.52. The molecule has 4 rings (SSSR count). The fourth-order valence-electron chi connectivity index (χ4n) is 4.16. The Morgan fingerprint density at radius 1 is 1.22 bits per heavy atom. The summed E-state index contributed by atoms with van der Waals surface area (Å²) in [4.78, 5) is 36.1. The monoisotopic (exact) mass is 369 g/mol. The first-order valence-corrected chi connectivity index (χ1v) is 8.69. The van der Waals surface area contributed by atoms with Gasteiger partial charge in [0.15, 0.2) is 18.1 Å². The van der Waals surface area contributed by atoms with Gasteiger partial charge in [0.2, 0.25) is 0 Å². The molecule has 140 valence electrons. The summed E-state index contributed by atoms with van der Waals surface area (Å²) >= 11 is 0. The number of carbonyl (C=O) groups excluding carboxylic acids is 3. The summed E-state index contributed by atoms with van der Waals surface area (Å²) in [6.07, 6.45) is 6.40. The molecule has 3 aliphatic rings. The zero-order chi connectivity index (χ0) is 19.1. The first kappa shape index (κ1) is 17.3. The Bertz CT molecular complexity index is 848. The SMILES string of the molecule is COc1cc(C=NN2C(=O)[C@@H]3[C@H](C2=O)[C@H]2C=C[C@H]3C2)ccc1OCC(N)=O. The molecule has 4 atom stereocenters. The van der Waals surface area contributed by atoms with Gasteiger partial charge < -0.3 is 15.2 Å². The van der Waals surface area contributed by atoms with Crippen molar-refractivity contribution in [2.45, 2.75) is 6.42 Å². The minimum absolute atomic E-state index is 0.151. The van der Waals surface area contributed by atoms with Gasteiger partial charge in [0, 0.05) is 0 Å². The maximum Gasteiger partial charge on any atom is 0.255 e. The molecule has 1 aromatic rings. The summed E-state index contributed by atoms with van der Waals surface area (Å²) in [7, 11) is 1.46. The lowest BCUT2D eigenvalue weighted by molar-refractivity contribution is -0.140. The standard InChI is InChI=1S/C19H19N3O5/c1-26-14-6-10(2-5-13(14)27-9-15(20)23)8-21-22-18(24)16-11-3-4-12(7-11)17(16)19(22)25/h2-6,8,11-12,16-17H,7,9H2,1H3,(H2,20,23)/t11-,12-,16-,17+/m0/s1. The largest absolute Gasteiger partial charge is 0.493 e. The van der Waals surface area contributed by atoms with Crippen LogP contribution in [-0.2, 0) is 14.4 Å². The minimum atomic E-state index is -0.595. The molecule has 0 spiro atoms. The van der Waals surface area contributed by atoms with Crippen molar-refractivity contribution in [1.82, 2.24) is 5.01 Å². The van der Waals surface area contributed by atoms with Crippen LogP contribution in [0.3, 0.4) is 0 Å². The van der Waals surface area contributed by atoms with Gasteiger partial charge in [0.05, 0.1) is 25.2 Å². The third kappa shape index (κ3) is 2.87. The van der Waals surface area contributed by atoms with Gasteiger partial charge in [-0.1, -0.05) is 12.2 Å². The number of carbonyl (C=O) groups is 3. The zero-order valence-electron chi connectivity index (χ0n) is 14.7. The first-order valence-electron chi connectivity index (χ1n) is 8.69. The molecular formula is C19H19N3O5. The van der Waals surface area contributed by atoms with Crippen molar-refractivity contribution in [3.8, 4) is 11.5 Å². The third-order valence-electron chi connectivity index (χ3n) is 5.33. The number of hydrogen-bond donors (Lipinski definition) is 1. The van der Waals surface area contributed by atoms with Crippen molar-refractivity contribution in [2.24, 2.45) is 34.5 Å². The van der Waals surface area contributed by atoms with Crippen LogP contribution >= 0.6 is 0 Å². The second kappa shape index (κ2) is 6.53. The lowest BCUT2D eigenvalue weighted by Crippen LogP contribution is -2.28. The van der Waals surface area contributed by atoms with Crippen LogP contribution in [0.5, 0.6) is 11.5 Å². The molecule has 0 radical (unpaired) electrons. The number of fused-ring (bicyclic) bond motifs is 5. The van der Waals surface area contributed by atoms with Crippen molar-refractivity contribution < 1.29 is 23.9 Å². The number of nitrogens with two attached hydrogens (primary N) is 1. The van der Waals surface area contributed by atoms with Crippen molar-refractivity contribution in [3.63, 3.8) is 0 Å². The number of allylic oxidation sites excluding steroid dienone is 2. The molecule has 8 heteroatoms. The molecule has 0 aromatic heterocycles. The summed E-state index contributed by atoms with van der Waals surface area (Å²) in [6.45, 7) is -0.264. The van der Waals surface area contributed by atoms with E-state index in [1.54, 1.807) is 18.2 Å². The fourth-order valence-corrected chi connectivity index (χ4v) is 4.16. The third-order valence-corrected chi connectivity index (χ3v) is 5.33. The highest BCUT2D eigenvalue weighted by molar-refractivity contribution is 6.06. The number of benzene rings is 1. The number of hydrogen-bond acceptors (Lipinski definition) is 6. The van der Waals surface area contributed by atoms with Gasteiger partial charge in [-0.2, -0.15) is 10.1 Å². The normalized spacial score (nSPS) is 28.3. The van der Waals surface area contributed by atoms with Gasteiger partial charge in [-0.25, -0.2) is 0 Å². The topological polar surface area (TPSA) is 111 Å². The molecule has 0 unspecified atom stereocenters. The number of primary amides is 1. The second-order valence-corrected chi connectivity index (χ2v) is 6.90. The molecule has 1 aromatic carbocycles. The van der Waals surface area contributed by atoms with Gasteiger partial charge >= 0.3 is 0 Å². The molecule has 1 aliphatic heterocycles. The molecule has 8 nitrogen and oxygen atoms in total. The van der Waals surface area contributed by atoms with Crippen LogP contribution in [0.15, 0.2) is 35.5 Å². The lowest BCUT2D eigenvalue weighted by atomic mass is 9.85. The molecule has 1 saturated carbocycles. The van der Waals surface area contributed by atoms with E-state index in [-0.39, 0.29) is 42.1 Å². The van der Waals surface area contributed by atoms with Crippen LogP contribution < -0.4 is 15.2 Å². The van der Waals surface area contributed by atoms with E-state index in [0.29, 0.717) is 17.1 Å². The van der Waals surface area contributed by atoms with Crippen LogP contribution in [-0.4, -0.2) is 42.7 Å². The highest BCUT2D eigenvalue weighted by atomic mass is 16.5. The van der Waals surface area contributed by atoms with Crippen molar-refractivity contribution >= 4 is 23.9 Å². The zero-order valence-corrected chi connectivity index (χ0v) is 14.7. The van der Waals surface area contributed by atoms with Crippen LogP contribution in [0, 0.1) is 23.7 Å². The van der Waals surface area contributed by atoms with E-state index in [4.69, 9.17) is 15.2 Å². The Labute approximate surface area is 155 Å². The van der Waals surface area contributed by atoms with E-state index in [2.05, 4.69) is 5.10 Å². The van der Waals surface area contributed by atoms with Crippen molar-refractivity contribution in [3.05, 3.63) is 35.9 Å². The smallest absolute Gasteiger partial charge is 0.255 e. The van der Waals surface area contributed by atoms with Crippen molar-refractivity contribution in [1.29, 1.82) is 0 Å². The first-order chi connectivity index (χ1) is 13.0. The number of nitrogens with zero attached hydrogens (tertiary/aromatic N) is 2. The number of ether oxygens (including phenoxy) is 2. The molecule has 2 fully saturated rings. The minimum Gasteiger partial charge on any atom is -0.493 e. The van der Waals surface area contributed by atoms with Crippen LogP contribution in [0.4, 0.5) is 0 Å². The molecular weight excluding hydrogens is 350 g/mol. The second-order valence-electron chi connectivity index (χ2n) is 6.90. The molecule has 2 aliphatic carbocycles. The Hall–Kier alpha value is -3.16. The number of imide groups is 1. The Morgan fingerprint density at radius 3 is 2.48 bits per heavy atom. The summed E-state index contributed by atoms with van der Waals surface area (Å²) < 4.78 is 10.5. The molecule has 1 heterocycles. The number of methoxy groups -OCH3 is 1. The molecule has 1 saturated heterocycles. The van der Waals surface area contributed by atoms with Crippen LogP contribution in [0.25, 0.3) is 0 Å². The summed E-state index contributed by atoms with van der Waals surface area (Å²) in [5.74, 6) is -0.553. The predicted octanol–water partition coefficient (Wildman–Crippen LogP) is 0.700. The average Bonchev–Trinajstić information content (AvgIpc) is 3.33. The number of amides is 3. The predicted molar refractivity (Wildman–Crippen MR) is 94.8 cm³/mol. The Morgan fingerprint density at radius 2 is 1.89 bits per heavy atom. The van der Waals surface area contributed by atoms with Gasteiger partial charge in [0.1, 0.15) is 0 Å². The van der Waals surface area contributed by atoms with E-state index < -0.39 is 5.91 Å². The quantitative estimate of drug-likeness (QED) is 0.451. The van der Waals surface area contributed by atoms with Gasteiger partial charge in [-0.05, 0) is 42.0 Å². The number of rotatable bonds is 6. The Balaban J connectivity index is 1.51. The van der Waals surface area contributed by atoms with Crippen LogP contribution in [0.1, 0.15) is 12.0 Å². The highest BCUT2D eigenvalue weighted by Gasteiger charge is 2.59. The maximum atomic E-state index is 12.6. The Kier molecular flexibility index (Phi) is 4.18. The van der Waals surface area contributed by atoms with E-state index in [9.17, 15) is 14.4 Å². The molecule has 2 N–H and O–H groups in total. The average molecular weight is 369 g/mol. The van der Waals surface area contributed by atoms with Gasteiger partial charge in [-0.3, -0.25) is 14.4 Å². The van der Waals surface area contributed by atoms with E-state index in [0.717, 1.165) is 11.4 Å². The van der Waals surface area contributed by atoms with Gasteiger partial charge in [0.25, 0.3) is 17.7 Å². The molecule has 27 heavy (non-hydrogen) atoms. The van der Waals surface area contributed by atoms with E-state index in [1.165, 1.54) is 13.3 Å². The fraction of sp³-hybridized carbons (Fsp3) is 0.368. The summed E-state index contributed by atoms with van der Waals surface area (Å²) in [5.41, 5.74) is 5.69. The lowest BCUT2D eigenvalue weighted by Gasteiger charge is -2.13. The number of hydrazone groups is 1. The maximum absolute atomic E-state index is 12.6. The van der Waals surface area contributed by atoms with E-state index >= 15 is 0 Å². The van der Waals surface area contributed by atoms with Crippen LogP contribution in [0.2, 0.25) is 0 Å². The van der Waals surface area contributed by atoms with Gasteiger partial charge in [-0.15, -0.1) is 0 Å².